The van der Waals surface area contributed by atoms with Gasteiger partial charge in [0.1, 0.15) is 17.2 Å². The molecule has 2 heterocycles. The Hall–Kier alpha value is -3.12. The minimum atomic E-state index is 0.0448. The number of carbonyl (C=O) groups is 1. The van der Waals surface area contributed by atoms with E-state index < -0.39 is 0 Å². The van der Waals surface area contributed by atoms with Crippen molar-refractivity contribution in [1.82, 2.24) is 10.3 Å². The highest BCUT2D eigenvalue weighted by Crippen LogP contribution is 2.36. The van der Waals surface area contributed by atoms with Crippen molar-refractivity contribution in [2.45, 2.75) is 45.1 Å². The van der Waals surface area contributed by atoms with Gasteiger partial charge >= 0.3 is 0 Å². The predicted octanol–water partition coefficient (Wildman–Crippen LogP) is 6.62. The molecule has 6 heteroatoms. The van der Waals surface area contributed by atoms with Crippen molar-refractivity contribution in [2.24, 2.45) is 0 Å². The van der Waals surface area contributed by atoms with Gasteiger partial charge in [-0.3, -0.25) is 9.78 Å². The maximum Gasteiger partial charge on any atom is 0.253 e. The van der Waals surface area contributed by atoms with Crippen molar-refractivity contribution in [3.63, 3.8) is 0 Å². The van der Waals surface area contributed by atoms with Crippen molar-refractivity contribution < 1.29 is 14.3 Å². The first-order chi connectivity index (χ1) is 15.6. The van der Waals surface area contributed by atoms with Crippen LogP contribution in [0.1, 0.15) is 47.3 Å². The van der Waals surface area contributed by atoms with Crippen LogP contribution in [0.3, 0.4) is 0 Å². The van der Waals surface area contributed by atoms with Gasteiger partial charge in [0.25, 0.3) is 5.91 Å². The fourth-order valence-corrected chi connectivity index (χ4v) is 5.58. The van der Waals surface area contributed by atoms with E-state index >= 15 is 0 Å². The highest BCUT2D eigenvalue weighted by atomic mass is 32.1. The van der Waals surface area contributed by atoms with Crippen LogP contribution < -0.4 is 14.8 Å². The average Bonchev–Trinajstić information content (AvgIpc) is 3.14. The van der Waals surface area contributed by atoms with Gasteiger partial charge in [-0.15, -0.1) is 11.3 Å². The first-order valence-electron chi connectivity index (χ1n) is 11.1. The zero-order valence-corrected chi connectivity index (χ0v) is 19.1. The highest BCUT2D eigenvalue weighted by molar-refractivity contribution is 7.19. The van der Waals surface area contributed by atoms with Crippen LogP contribution in [-0.4, -0.2) is 24.0 Å². The number of nitrogens with one attached hydrogen (secondary N) is 1. The number of methoxy groups -OCH3 is 1. The maximum absolute atomic E-state index is 13.0. The van der Waals surface area contributed by atoms with Crippen LogP contribution in [0, 0.1) is 6.92 Å². The second kappa shape index (κ2) is 8.79. The smallest absolute Gasteiger partial charge is 0.253 e. The number of ether oxygens (including phenoxy) is 2. The molecule has 2 aromatic heterocycles. The Balaban J connectivity index is 1.42. The third kappa shape index (κ3) is 4.02. The summed E-state index contributed by atoms with van der Waals surface area (Å²) in [4.78, 5) is 18.5. The molecule has 2 aromatic carbocycles. The second-order valence-electron chi connectivity index (χ2n) is 8.29. The van der Waals surface area contributed by atoms with E-state index in [1.165, 1.54) is 19.3 Å². The zero-order valence-electron chi connectivity index (χ0n) is 18.3. The summed E-state index contributed by atoms with van der Waals surface area (Å²) >= 11 is 1.63. The molecule has 1 N–H and O–H groups in total. The standard InChI is InChI=1S/C26H26N2O3S/c1-16-25(26(29)28-17-6-4-3-5-7-17)21-11-9-19(15-24(21)32-16)31-23-12-13-27-22-14-18(30-2)8-10-20(22)23/h8-15,17H,3-7H2,1-2H3,(H,28,29). The lowest BCUT2D eigenvalue weighted by Gasteiger charge is -2.22. The molecular formula is C26H26N2O3S. The Kier molecular flexibility index (Phi) is 5.70. The Morgan fingerprint density at radius 3 is 2.62 bits per heavy atom. The molecule has 1 aliphatic rings. The average molecular weight is 447 g/mol. The number of aryl methyl sites for hydroxylation is 1. The summed E-state index contributed by atoms with van der Waals surface area (Å²) in [6, 6.07) is 13.9. The molecule has 1 aliphatic carbocycles. The molecule has 0 bridgehead atoms. The minimum absolute atomic E-state index is 0.0448. The summed E-state index contributed by atoms with van der Waals surface area (Å²) in [6.45, 7) is 2.02. The Bertz CT molecular complexity index is 1290. The topological polar surface area (TPSA) is 60.5 Å². The van der Waals surface area contributed by atoms with Gasteiger partial charge in [-0.2, -0.15) is 0 Å². The lowest BCUT2D eigenvalue weighted by Crippen LogP contribution is -2.36. The van der Waals surface area contributed by atoms with Crippen LogP contribution in [0.2, 0.25) is 0 Å². The number of thiophene rings is 1. The number of hydrogen-bond donors (Lipinski definition) is 1. The lowest BCUT2D eigenvalue weighted by atomic mass is 9.95. The van der Waals surface area contributed by atoms with Crippen molar-refractivity contribution in [3.8, 4) is 17.2 Å². The Labute approximate surface area is 191 Å². The van der Waals surface area contributed by atoms with E-state index in [1.54, 1.807) is 24.6 Å². The van der Waals surface area contributed by atoms with Gasteiger partial charge in [0, 0.05) is 38.7 Å². The van der Waals surface area contributed by atoms with Gasteiger partial charge in [-0.1, -0.05) is 19.3 Å². The third-order valence-corrected chi connectivity index (χ3v) is 7.21. The van der Waals surface area contributed by atoms with Gasteiger partial charge in [-0.25, -0.2) is 0 Å². The van der Waals surface area contributed by atoms with Gasteiger partial charge < -0.3 is 14.8 Å². The van der Waals surface area contributed by atoms with Gasteiger partial charge in [0.2, 0.25) is 0 Å². The molecule has 1 amide bonds. The fourth-order valence-electron chi connectivity index (χ4n) is 4.49. The van der Waals surface area contributed by atoms with Crippen LogP contribution in [-0.2, 0) is 0 Å². The van der Waals surface area contributed by atoms with Crippen LogP contribution in [0.4, 0.5) is 0 Å². The van der Waals surface area contributed by atoms with Crippen LogP contribution in [0.5, 0.6) is 17.2 Å². The minimum Gasteiger partial charge on any atom is -0.497 e. The van der Waals surface area contributed by atoms with Gasteiger partial charge in [-0.05, 0) is 56.2 Å². The van der Waals surface area contributed by atoms with Crippen LogP contribution in [0.25, 0.3) is 21.0 Å². The first-order valence-corrected chi connectivity index (χ1v) is 11.9. The molecule has 0 unspecified atom stereocenters. The summed E-state index contributed by atoms with van der Waals surface area (Å²) < 4.78 is 12.6. The van der Waals surface area contributed by atoms with E-state index in [0.717, 1.165) is 61.5 Å². The van der Waals surface area contributed by atoms with E-state index in [9.17, 15) is 4.79 Å². The van der Waals surface area contributed by atoms with E-state index in [2.05, 4.69) is 10.3 Å². The molecule has 0 radical (unpaired) electrons. The molecule has 1 fully saturated rings. The maximum atomic E-state index is 13.0. The van der Waals surface area contributed by atoms with Gasteiger partial charge in [0.15, 0.2) is 0 Å². The number of carbonyl (C=O) groups excluding carboxylic acids is 1. The van der Waals surface area contributed by atoms with Crippen molar-refractivity contribution in [2.75, 3.05) is 7.11 Å². The Morgan fingerprint density at radius 1 is 1.03 bits per heavy atom. The molecule has 5 rings (SSSR count). The molecule has 32 heavy (non-hydrogen) atoms. The van der Waals surface area contributed by atoms with Crippen molar-refractivity contribution in [1.29, 1.82) is 0 Å². The van der Waals surface area contributed by atoms with Crippen LogP contribution >= 0.6 is 11.3 Å². The molecule has 0 saturated heterocycles. The molecule has 0 atom stereocenters. The van der Waals surface area contributed by atoms with Crippen molar-refractivity contribution in [3.05, 3.63) is 59.1 Å². The van der Waals surface area contributed by atoms with Crippen molar-refractivity contribution >= 4 is 38.2 Å². The highest BCUT2D eigenvalue weighted by Gasteiger charge is 2.21. The molecule has 1 saturated carbocycles. The summed E-state index contributed by atoms with van der Waals surface area (Å²) in [5, 5.41) is 5.16. The molecule has 5 nitrogen and oxygen atoms in total. The molecule has 0 spiro atoms. The number of aromatic nitrogens is 1. The number of hydrogen-bond acceptors (Lipinski definition) is 5. The van der Waals surface area contributed by atoms with Crippen LogP contribution in [0.15, 0.2) is 48.7 Å². The molecule has 4 aromatic rings. The summed E-state index contributed by atoms with van der Waals surface area (Å²) in [5.74, 6) is 2.28. The second-order valence-corrected chi connectivity index (χ2v) is 9.55. The molecule has 0 aliphatic heterocycles. The quantitative estimate of drug-likeness (QED) is 0.374. The van der Waals surface area contributed by atoms with E-state index in [-0.39, 0.29) is 5.91 Å². The number of amides is 1. The van der Waals surface area contributed by atoms with E-state index in [1.807, 2.05) is 49.4 Å². The Morgan fingerprint density at radius 2 is 1.81 bits per heavy atom. The van der Waals surface area contributed by atoms with E-state index in [0.29, 0.717) is 6.04 Å². The molecular weight excluding hydrogens is 420 g/mol. The molecule has 164 valence electrons. The normalized spacial score (nSPS) is 14.6. The number of pyridine rings is 1. The first kappa shape index (κ1) is 20.8. The number of fused-ring (bicyclic) bond motifs is 2. The number of nitrogens with zero attached hydrogens (tertiary/aromatic N) is 1. The monoisotopic (exact) mass is 446 g/mol. The summed E-state index contributed by atoms with van der Waals surface area (Å²) in [7, 11) is 1.64. The summed E-state index contributed by atoms with van der Waals surface area (Å²) in [6.07, 6.45) is 7.57. The van der Waals surface area contributed by atoms with Gasteiger partial charge in [0.05, 0.1) is 18.2 Å². The largest absolute Gasteiger partial charge is 0.497 e. The fraction of sp³-hybridized carbons (Fsp3) is 0.308. The predicted molar refractivity (Wildman–Crippen MR) is 129 cm³/mol. The summed E-state index contributed by atoms with van der Waals surface area (Å²) in [5.41, 5.74) is 1.61. The lowest BCUT2D eigenvalue weighted by molar-refractivity contribution is 0.0929. The third-order valence-electron chi connectivity index (χ3n) is 6.14. The SMILES string of the molecule is COc1ccc2c(Oc3ccc4c(C(=O)NC5CCCCC5)c(C)sc4c3)ccnc2c1. The van der Waals surface area contributed by atoms with E-state index in [4.69, 9.17) is 9.47 Å². The number of benzene rings is 2. The zero-order chi connectivity index (χ0) is 22.1. The number of rotatable bonds is 5.